The second kappa shape index (κ2) is 6.32. The summed E-state index contributed by atoms with van der Waals surface area (Å²) in [5.41, 5.74) is 0. The van der Waals surface area contributed by atoms with Crippen LogP contribution in [0.1, 0.15) is 52.4 Å². The second-order valence-electron chi connectivity index (χ2n) is 5.27. The van der Waals surface area contributed by atoms with Crippen LogP contribution in [-0.2, 0) is 0 Å². The summed E-state index contributed by atoms with van der Waals surface area (Å²) in [5, 5.41) is 9.95. The van der Waals surface area contributed by atoms with Crippen LogP contribution in [0.4, 0.5) is 0 Å². The third-order valence-corrected chi connectivity index (χ3v) is 4.05. The predicted molar refractivity (Wildman–Crippen MR) is 65.7 cm³/mol. The van der Waals surface area contributed by atoms with E-state index in [1.807, 2.05) is 13.0 Å². The molecule has 1 saturated carbocycles. The van der Waals surface area contributed by atoms with Crippen molar-refractivity contribution in [3.05, 3.63) is 12.7 Å². The van der Waals surface area contributed by atoms with Gasteiger partial charge in [-0.05, 0) is 24.2 Å². The van der Waals surface area contributed by atoms with Crippen molar-refractivity contribution in [2.24, 2.45) is 17.8 Å². The molecule has 1 aliphatic carbocycles. The van der Waals surface area contributed by atoms with E-state index in [9.17, 15) is 5.11 Å². The van der Waals surface area contributed by atoms with Gasteiger partial charge in [0.25, 0.3) is 0 Å². The highest BCUT2D eigenvalue weighted by atomic mass is 16.3. The van der Waals surface area contributed by atoms with Crippen LogP contribution in [-0.4, -0.2) is 11.2 Å². The maximum absolute atomic E-state index is 9.95. The van der Waals surface area contributed by atoms with Crippen molar-refractivity contribution in [2.45, 2.75) is 58.5 Å². The van der Waals surface area contributed by atoms with Gasteiger partial charge in [0.2, 0.25) is 0 Å². The van der Waals surface area contributed by atoms with Crippen LogP contribution in [0.25, 0.3) is 0 Å². The lowest BCUT2D eigenvalue weighted by Gasteiger charge is -2.30. The van der Waals surface area contributed by atoms with Gasteiger partial charge in [0.15, 0.2) is 0 Å². The molecule has 1 N–H and O–H groups in total. The number of aliphatic hydroxyl groups is 1. The Morgan fingerprint density at radius 3 is 2.40 bits per heavy atom. The smallest absolute Gasteiger partial charge is 0.0602 e. The fourth-order valence-electron chi connectivity index (χ4n) is 2.65. The first-order valence-corrected chi connectivity index (χ1v) is 6.45. The van der Waals surface area contributed by atoms with Crippen LogP contribution in [0.5, 0.6) is 0 Å². The van der Waals surface area contributed by atoms with E-state index in [0.717, 1.165) is 12.3 Å². The second-order valence-corrected chi connectivity index (χ2v) is 5.27. The Balaban J connectivity index is 2.32. The molecule has 0 saturated heterocycles. The summed E-state index contributed by atoms with van der Waals surface area (Å²) < 4.78 is 0. The van der Waals surface area contributed by atoms with Gasteiger partial charge >= 0.3 is 0 Å². The van der Waals surface area contributed by atoms with Crippen molar-refractivity contribution in [3.63, 3.8) is 0 Å². The van der Waals surface area contributed by atoms with Crippen LogP contribution in [0.3, 0.4) is 0 Å². The molecule has 1 heteroatoms. The van der Waals surface area contributed by atoms with E-state index in [1.165, 1.54) is 32.1 Å². The highest BCUT2D eigenvalue weighted by molar-refractivity contribution is 4.83. The van der Waals surface area contributed by atoms with Crippen LogP contribution in [0.15, 0.2) is 12.7 Å². The molecule has 0 spiro atoms. The molecule has 3 unspecified atom stereocenters. The summed E-state index contributed by atoms with van der Waals surface area (Å²) in [7, 11) is 0. The summed E-state index contributed by atoms with van der Waals surface area (Å²) in [4.78, 5) is 0. The maximum Gasteiger partial charge on any atom is 0.0602 e. The van der Waals surface area contributed by atoms with Gasteiger partial charge in [-0.1, -0.05) is 52.0 Å². The van der Waals surface area contributed by atoms with Crippen molar-refractivity contribution in [1.29, 1.82) is 0 Å². The molecule has 1 aliphatic rings. The Kier molecular flexibility index (Phi) is 5.38. The molecule has 0 aromatic carbocycles. The van der Waals surface area contributed by atoms with Crippen molar-refractivity contribution in [2.75, 3.05) is 0 Å². The molecule has 3 atom stereocenters. The zero-order chi connectivity index (χ0) is 11.3. The van der Waals surface area contributed by atoms with Gasteiger partial charge in [0.05, 0.1) is 6.10 Å². The number of hydrogen-bond acceptors (Lipinski definition) is 1. The number of hydrogen-bond donors (Lipinski definition) is 1. The minimum absolute atomic E-state index is 0.195. The fourth-order valence-corrected chi connectivity index (χ4v) is 2.65. The largest absolute Gasteiger partial charge is 0.393 e. The van der Waals surface area contributed by atoms with Gasteiger partial charge in [-0.2, -0.15) is 0 Å². The van der Waals surface area contributed by atoms with Gasteiger partial charge in [-0.3, -0.25) is 0 Å². The van der Waals surface area contributed by atoms with Crippen molar-refractivity contribution in [1.82, 2.24) is 0 Å². The third kappa shape index (κ3) is 3.98. The van der Waals surface area contributed by atoms with E-state index in [1.54, 1.807) is 0 Å². The molecule has 1 nitrogen and oxygen atoms in total. The maximum atomic E-state index is 9.95. The zero-order valence-corrected chi connectivity index (χ0v) is 10.3. The van der Waals surface area contributed by atoms with Crippen LogP contribution >= 0.6 is 0 Å². The molecule has 15 heavy (non-hydrogen) atoms. The van der Waals surface area contributed by atoms with E-state index in [4.69, 9.17) is 0 Å². The predicted octanol–water partition coefficient (Wildman–Crippen LogP) is 3.78. The zero-order valence-electron chi connectivity index (χ0n) is 10.3. The molecule has 0 amide bonds. The van der Waals surface area contributed by atoms with Crippen LogP contribution in [0.2, 0.25) is 0 Å². The minimum Gasteiger partial charge on any atom is -0.393 e. The molecule has 1 rings (SSSR count). The van der Waals surface area contributed by atoms with Gasteiger partial charge in [0, 0.05) is 0 Å². The monoisotopic (exact) mass is 210 g/mol. The summed E-state index contributed by atoms with van der Waals surface area (Å²) in [5.74, 6) is 1.75. The van der Waals surface area contributed by atoms with E-state index in [0.29, 0.717) is 5.92 Å². The molecule has 0 aliphatic heterocycles. The summed E-state index contributed by atoms with van der Waals surface area (Å²) in [6, 6.07) is 0. The Morgan fingerprint density at radius 1 is 1.27 bits per heavy atom. The quantitative estimate of drug-likeness (QED) is 0.685. The number of rotatable bonds is 5. The Morgan fingerprint density at radius 2 is 1.87 bits per heavy atom. The average Bonchev–Trinajstić information content (AvgIpc) is 2.29. The Hall–Kier alpha value is -0.300. The molecule has 0 aromatic rings. The lowest BCUT2D eigenvalue weighted by atomic mass is 9.77. The molecule has 1 fully saturated rings. The molecular formula is C14H26O. The van der Waals surface area contributed by atoms with Crippen LogP contribution in [0, 0.1) is 17.8 Å². The highest BCUT2D eigenvalue weighted by Crippen LogP contribution is 2.32. The highest BCUT2D eigenvalue weighted by Gasteiger charge is 2.23. The Bertz CT molecular complexity index is 182. The van der Waals surface area contributed by atoms with Crippen molar-refractivity contribution in [3.8, 4) is 0 Å². The molecule has 0 radical (unpaired) electrons. The minimum atomic E-state index is -0.195. The molecule has 88 valence electrons. The molecule has 0 bridgehead atoms. The SMILES string of the molecule is C=CC(C)C(O)CC(C)C1CCCCC1. The van der Waals surface area contributed by atoms with Crippen LogP contribution < -0.4 is 0 Å². The Labute approximate surface area is 94.6 Å². The van der Waals surface area contributed by atoms with E-state index < -0.39 is 0 Å². The first kappa shape index (κ1) is 12.8. The fraction of sp³-hybridized carbons (Fsp3) is 0.857. The van der Waals surface area contributed by atoms with Gasteiger partial charge in [0.1, 0.15) is 0 Å². The summed E-state index contributed by atoms with van der Waals surface area (Å²) in [6.07, 6.45) is 9.54. The molecular weight excluding hydrogens is 184 g/mol. The number of aliphatic hydroxyl groups excluding tert-OH is 1. The van der Waals surface area contributed by atoms with E-state index in [-0.39, 0.29) is 12.0 Å². The summed E-state index contributed by atoms with van der Waals surface area (Å²) in [6.45, 7) is 8.09. The standard InChI is InChI=1S/C14H26O/c1-4-11(2)14(15)10-12(3)13-8-6-5-7-9-13/h4,11-15H,1,5-10H2,2-3H3. The normalized spacial score (nSPS) is 24.5. The van der Waals surface area contributed by atoms with Gasteiger partial charge in [-0.15, -0.1) is 6.58 Å². The summed E-state index contributed by atoms with van der Waals surface area (Å²) >= 11 is 0. The molecule has 0 heterocycles. The van der Waals surface area contributed by atoms with E-state index >= 15 is 0 Å². The molecule has 0 aromatic heterocycles. The lowest BCUT2D eigenvalue weighted by Crippen LogP contribution is -2.24. The topological polar surface area (TPSA) is 20.2 Å². The lowest BCUT2D eigenvalue weighted by molar-refractivity contribution is 0.0912. The third-order valence-electron chi connectivity index (χ3n) is 4.05. The average molecular weight is 210 g/mol. The first-order chi connectivity index (χ1) is 7.15. The van der Waals surface area contributed by atoms with Crippen molar-refractivity contribution >= 4 is 0 Å². The first-order valence-electron chi connectivity index (χ1n) is 6.45. The van der Waals surface area contributed by atoms with E-state index in [2.05, 4.69) is 13.5 Å². The van der Waals surface area contributed by atoms with Gasteiger partial charge in [-0.25, -0.2) is 0 Å². The van der Waals surface area contributed by atoms with Gasteiger partial charge < -0.3 is 5.11 Å². The van der Waals surface area contributed by atoms with Crippen molar-refractivity contribution < 1.29 is 5.11 Å².